The second kappa shape index (κ2) is 39.8. The van der Waals surface area contributed by atoms with E-state index in [-0.39, 0.29) is 52.9 Å². The Hall–Kier alpha value is -7.62. The summed E-state index contributed by atoms with van der Waals surface area (Å²) in [5.74, 6) is -2.85. The maximum absolute atomic E-state index is 15.2. The maximum atomic E-state index is 15.2. The Morgan fingerprint density at radius 3 is 1.24 bits per heavy atom. The molecule has 0 aromatic heterocycles. The number of hydrogen-bond acceptors (Lipinski definition) is 19. The summed E-state index contributed by atoms with van der Waals surface area (Å²) in [6.45, 7) is 10.7. The average molecular weight is 1600 g/mol. The van der Waals surface area contributed by atoms with Gasteiger partial charge in [-0.05, 0) is 92.4 Å². The van der Waals surface area contributed by atoms with E-state index in [0.29, 0.717) is 44.0 Å². The number of ether oxygens (including phenoxy) is 16. The average Bonchev–Trinajstić information content (AvgIpc) is 0.743. The minimum absolute atomic E-state index is 0.0357. The molecule has 2 spiro atoms. The first-order valence-corrected chi connectivity index (χ1v) is 43.8. The molecule has 6 fully saturated rings. The van der Waals surface area contributed by atoms with E-state index in [1.807, 2.05) is 212 Å². The standard InChI is InChI=1S/C95H108O18SSi/c1-5-114-92-88(110-89(96)74-49-27-12-28-50-74)84(81(99-61-70-41-19-8-20-42-70)79(109-92)67-106-115(93(2,3)4,75-51-29-13-30-52-75)76-53-31-14-32-54-76)111-91-87-85(112-94(55-33-35-57-104-94)95(113-87)56-34-36-58-105-95)82(100-62-71-43-21-9-22-44-71)78(108-91)66-103-90-86(102-64-73-47-25-11-26-48-73)83(101-63-72-45-23-10-24-46-72)80(98-60-69-39-17-7-18-40-69)77(107-90)65-97-59-68-37-15-6-16-38-68/h6-32,37-54,77-88,90-92H,5,33-36,55-67H2,1-4H3/t77-,78-,79-,80+,81-,82+,83+,84+,85+,86-,87-,88+,90+,91-,92-,94+,95+/m1/s1. The van der Waals surface area contributed by atoms with Gasteiger partial charge in [0.05, 0.1) is 78.2 Å². The van der Waals surface area contributed by atoms with Crippen LogP contribution in [0.3, 0.4) is 0 Å². The van der Waals surface area contributed by atoms with E-state index in [0.717, 1.165) is 69.4 Å². The summed E-state index contributed by atoms with van der Waals surface area (Å²) in [5.41, 5.74) is 5.10. The molecule has 0 N–H and O–H groups in total. The summed E-state index contributed by atoms with van der Waals surface area (Å²) in [7, 11) is -3.31. The molecule has 20 heteroatoms. The Morgan fingerprint density at radius 1 is 0.400 bits per heavy atom. The van der Waals surface area contributed by atoms with Gasteiger partial charge in [0, 0.05) is 12.8 Å². The first-order valence-electron chi connectivity index (χ1n) is 40.8. The molecule has 6 saturated heterocycles. The van der Waals surface area contributed by atoms with Crippen molar-refractivity contribution in [3.63, 3.8) is 0 Å². The van der Waals surface area contributed by atoms with Crippen LogP contribution in [0.25, 0.3) is 0 Å². The zero-order chi connectivity index (χ0) is 78.7. The van der Waals surface area contributed by atoms with E-state index >= 15 is 4.79 Å². The number of carbonyl (C=O) groups is 1. The molecule has 6 aliphatic rings. The van der Waals surface area contributed by atoms with Crippen molar-refractivity contribution < 1.29 is 85.0 Å². The number of esters is 1. The topological polar surface area (TPSA) is 174 Å². The Labute approximate surface area is 682 Å². The normalized spacial score (nSPS) is 28.4. The number of fused-ring (bicyclic) bond motifs is 2. The van der Waals surface area contributed by atoms with Crippen LogP contribution in [-0.2, 0) is 120 Å². The van der Waals surface area contributed by atoms with Crippen LogP contribution in [0, 0.1) is 0 Å². The summed E-state index contributed by atoms with van der Waals surface area (Å²) in [6, 6.07) is 90.3. The lowest BCUT2D eigenvalue weighted by Gasteiger charge is -2.61. The fourth-order valence-corrected chi connectivity index (χ4v) is 22.3. The molecule has 9 aromatic rings. The van der Waals surface area contributed by atoms with Crippen molar-refractivity contribution in [1.82, 2.24) is 0 Å². The zero-order valence-electron chi connectivity index (χ0n) is 66.1. The number of thioether (sulfide) groups is 1. The fourth-order valence-electron chi connectivity index (χ4n) is 16.8. The lowest BCUT2D eigenvalue weighted by atomic mass is 9.86. The fraction of sp³-hybridized carbons (Fsp3) is 0.421. The van der Waals surface area contributed by atoms with Crippen molar-refractivity contribution in [2.45, 2.75) is 214 Å². The lowest BCUT2D eigenvalue weighted by molar-refractivity contribution is -0.513. The highest BCUT2D eigenvalue weighted by atomic mass is 32.2. The van der Waals surface area contributed by atoms with Crippen LogP contribution in [0.15, 0.2) is 273 Å². The van der Waals surface area contributed by atoms with Crippen LogP contribution in [0.1, 0.15) is 110 Å². The molecule has 0 amide bonds. The molecule has 606 valence electrons. The van der Waals surface area contributed by atoms with Crippen molar-refractivity contribution >= 4 is 36.4 Å². The van der Waals surface area contributed by atoms with Crippen molar-refractivity contribution in [1.29, 1.82) is 0 Å². The van der Waals surface area contributed by atoms with Crippen LogP contribution in [-0.4, -0.2) is 156 Å². The highest BCUT2D eigenvalue weighted by Gasteiger charge is 2.69. The molecule has 6 aliphatic heterocycles. The molecular weight excluding hydrogens is 1490 g/mol. The van der Waals surface area contributed by atoms with Gasteiger partial charge < -0.3 is 80.2 Å². The van der Waals surface area contributed by atoms with E-state index < -0.39 is 122 Å². The SMILES string of the molecule is CCS[C@H]1O[C@H](CO[Si](c2ccccc2)(c2ccccc2)C(C)(C)C)[C@@H](OCc2ccccc2)[C@H](O[C@H]2O[C@H](CO[C@H]3O[C@H](COCc4ccccc4)[C@H](OCc4ccccc4)[C@H](OCc4ccccc4)[C@H]3OCc3ccccc3)[C@H](OCc3ccccc3)[C@@H]3O[C@@]4(CCCCO4)[C@]4(CCCCO4)O[C@@H]23)[C@@H]1OC(=O)c1ccccc1. The quantitative estimate of drug-likeness (QED) is 0.0280. The van der Waals surface area contributed by atoms with Crippen LogP contribution < -0.4 is 10.4 Å². The minimum atomic E-state index is -3.31. The highest BCUT2D eigenvalue weighted by molar-refractivity contribution is 7.99. The zero-order valence-corrected chi connectivity index (χ0v) is 67.9. The monoisotopic (exact) mass is 1600 g/mol. The molecule has 0 bridgehead atoms. The summed E-state index contributed by atoms with van der Waals surface area (Å²) in [6.07, 6.45) is -10.4. The molecule has 115 heavy (non-hydrogen) atoms. The molecule has 6 heterocycles. The number of benzene rings is 9. The predicted molar refractivity (Wildman–Crippen MR) is 440 cm³/mol. The van der Waals surface area contributed by atoms with Crippen molar-refractivity contribution in [2.24, 2.45) is 0 Å². The molecule has 0 radical (unpaired) electrons. The minimum Gasteiger partial charge on any atom is -0.452 e. The first-order chi connectivity index (χ1) is 56.4. The first kappa shape index (κ1) is 82.5. The Kier molecular flexibility index (Phi) is 28.5. The van der Waals surface area contributed by atoms with Gasteiger partial charge >= 0.3 is 5.97 Å². The van der Waals surface area contributed by atoms with Crippen LogP contribution in [0.2, 0.25) is 5.04 Å². The van der Waals surface area contributed by atoms with Gasteiger partial charge in [-0.2, -0.15) is 0 Å². The molecular formula is C95H108O18SSi. The molecule has 0 unspecified atom stereocenters. The Bertz CT molecular complexity index is 4310. The highest BCUT2D eigenvalue weighted by Crippen LogP contribution is 2.53. The molecule has 0 saturated carbocycles. The summed E-state index contributed by atoms with van der Waals surface area (Å²) in [4.78, 5) is 15.2. The van der Waals surface area contributed by atoms with Gasteiger partial charge in [0.1, 0.15) is 72.6 Å². The molecule has 0 aliphatic carbocycles. The van der Waals surface area contributed by atoms with Crippen molar-refractivity contribution in [3.05, 3.63) is 312 Å². The second-order valence-corrected chi connectivity index (χ2v) is 37.0. The Morgan fingerprint density at radius 2 is 0.791 bits per heavy atom. The van der Waals surface area contributed by atoms with Crippen LogP contribution in [0.5, 0.6) is 0 Å². The van der Waals surface area contributed by atoms with E-state index in [9.17, 15) is 0 Å². The summed E-state index contributed by atoms with van der Waals surface area (Å²) in [5, 5.41) is 1.75. The van der Waals surface area contributed by atoms with Crippen molar-refractivity contribution in [3.8, 4) is 0 Å². The Balaban J connectivity index is 0.862. The molecule has 18 nitrogen and oxygen atoms in total. The third-order valence-corrected chi connectivity index (χ3v) is 28.5. The largest absolute Gasteiger partial charge is 0.452 e. The summed E-state index contributed by atoms with van der Waals surface area (Å²) >= 11 is 1.50. The third kappa shape index (κ3) is 19.9. The molecule has 9 aromatic carbocycles. The van der Waals surface area contributed by atoms with E-state index in [1.165, 1.54) is 11.8 Å². The van der Waals surface area contributed by atoms with Gasteiger partial charge in [0.2, 0.25) is 11.6 Å². The predicted octanol–water partition coefficient (Wildman–Crippen LogP) is 15.8. The van der Waals surface area contributed by atoms with Gasteiger partial charge in [-0.25, -0.2) is 4.79 Å². The number of hydrogen-bond donors (Lipinski definition) is 0. The van der Waals surface area contributed by atoms with Gasteiger partial charge in [-0.3, -0.25) is 0 Å². The summed E-state index contributed by atoms with van der Waals surface area (Å²) < 4.78 is 126. The molecule has 15 rings (SSSR count). The van der Waals surface area contributed by atoms with Gasteiger partial charge in [0.15, 0.2) is 18.7 Å². The van der Waals surface area contributed by atoms with Crippen LogP contribution >= 0.6 is 11.8 Å². The third-order valence-electron chi connectivity index (χ3n) is 22.5. The maximum Gasteiger partial charge on any atom is 0.338 e. The smallest absolute Gasteiger partial charge is 0.338 e. The van der Waals surface area contributed by atoms with E-state index in [4.69, 9.17) is 80.2 Å². The lowest BCUT2D eigenvalue weighted by Crippen LogP contribution is -2.76. The van der Waals surface area contributed by atoms with E-state index in [1.54, 1.807) is 12.1 Å². The van der Waals surface area contributed by atoms with Crippen LogP contribution in [0.4, 0.5) is 0 Å². The second-order valence-electron chi connectivity index (χ2n) is 31.3. The molecule has 17 atom stereocenters. The number of rotatable bonds is 33. The van der Waals surface area contributed by atoms with E-state index in [2.05, 4.69) is 76.2 Å². The van der Waals surface area contributed by atoms with Gasteiger partial charge in [-0.15, -0.1) is 11.8 Å². The van der Waals surface area contributed by atoms with Gasteiger partial charge in [0.25, 0.3) is 8.32 Å². The van der Waals surface area contributed by atoms with Crippen molar-refractivity contribution in [2.75, 3.05) is 38.8 Å². The van der Waals surface area contributed by atoms with Gasteiger partial charge in [-0.1, -0.05) is 289 Å². The number of carbonyl (C=O) groups excluding carboxylic acids is 1.